The van der Waals surface area contributed by atoms with E-state index in [1.807, 2.05) is 41.3 Å². The number of hydrogen-bond acceptors (Lipinski definition) is 3. The number of rotatable bonds is 2. The number of amides is 1. The first-order valence-electron chi connectivity index (χ1n) is 8.49. The number of fused-ring (bicyclic) bond motifs is 3. The van der Waals surface area contributed by atoms with Crippen LogP contribution in [0, 0.1) is 5.92 Å². The highest BCUT2D eigenvalue weighted by Crippen LogP contribution is 2.43. The van der Waals surface area contributed by atoms with E-state index in [9.17, 15) is 9.90 Å². The van der Waals surface area contributed by atoms with Crippen molar-refractivity contribution < 1.29 is 14.6 Å². The van der Waals surface area contributed by atoms with Crippen LogP contribution in [-0.2, 0) is 17.8 Å². The van der Waals surface area contributed by atoms with Crippen LogP contribution in [0.4, 0.5) is 4.79 Å². The molecule has 1 amide bonds. The molecule has 2 aromatic carbocycles. The summed E-state index contributed by atoms with van der Waals surface area (Å²) in [7, 11) is 0. The molecule has 0 saturated carbocycles. The Labute approximate surface area is 158 Å². The lowest BCUT2D eigenvalue weighted by Gasteiger charge is -2.27. The first-order chi connectivity index (χ1) is 11.7. The van der Waals surface area contributed by atoms with Crippen molar-refractivity contribution in [3.8, 4) is 5.75 Å². The Morgan fingerprint density at radius 3 is 2.72 bits per heavy atom. The fourth-order valence-electron chi connectivity index (χ4n) is 4.02. The van der Waals surface area contributed by atoms with E-state index >= 15 is 0 Å². The number of likely N-dealkylation sites (tertiary alicyclic amines) is 1. The molecular formula is C20H22BrNO3. The molecule has 4 nitrogen and oxygen atoms in total. The van der Waals surface area contributed by atoms with Crippen molar-refractivity contribution in [2.24, 2.45) is 5.92 Å². The van der Waals surface area contributed by atoms with E-state index in [2.05, 4.69) is 6.07 Å². The zero-order valence-electron chi connectivity index (χ0n) is 13.9. The van der Waals surface area contributed by atoms with Gasteiger partial charge in [-0.25, -0.2) is 4.79 Å². The average molecular weight is 404 g/mol. The van der Waals surface area contributed by atoms with E-state index < -0.39 is 0 Å². The van der Waals surface area contributed by atoms with Crippen LogP contribution in [0.5, 0.6) is 5.75 Å². The first kappa shape index (κ1) is 17.8. The molecule has 132 valence electrons. The van der Waals surface area contributed by atoms with Crippen LogP contribution in [0.2, 0.25) is 0 Å². The SMILES string of the molecule is Br.O=C(OCc1ccccc1)N1C[C@@H]2CCc3c(O)cccc3[C@@H]2C1. The Bertz CT molecular complexity index is 750. The summed E-state index contributed by atoms with van der Waals surface area (Å²) in [4.78, 5) is 14.2. The van der Waals surface area contributed by atoms with Crippen molar-refractivity contribution in [3.63, 3.8) is 0 Å². The molecule has 4 rings (SSSR count). The van der Waals surface area contributed by atoms with Crippen LogP contribution in [0.25, 0.3) is 0 Å². The van der Waals surface area contributed by atoms with Gasteiger partial charge in [0, 0.05) is 19.0 Å². The van der Waals surface area contributed by atoms with Gasteiger partial charge in [0.1, 0.15) is 12.4 Å². The highest BCUT2D eigenvalue weighted by Gasteiger charge is 2.40. The number of phenolic OH excluding ortho intramolecular Hbond substituents is 1. The summed E-state index contributed by atoms with van der Waals surface area (Å²) in [5.74, 6) is 1.16. The van der Waals surface area contributed by atoms with Crippen LogP contribution in [-0.4, -0.2) is 29.2 Å². The van der Waals surface area contributed by atoms with Gasteiger partial charge in [-0.1, -0.05) is 42.5 Å². The monoisotopic (exact) mass is 403 g/mol. The lowest BCUT2D eigenvalue weighted by atomic mass is 9.77. The average Bonchev–Trinajstić information content (AvgIpc) is 3.06. The Morgan fingerprint density at radius 2 is 1.92 bits per heavy atom. The lowest BCUT2D eigenvalue weighted by molar-refractivity contribution is 0.103. The molecule has 1 saturated heterocycles. The van der Waals surface area contributed by atoms with Crippen LogP contribution < -0.4 is 0 Å². The fourth-order valence-corrected chi connectivity index (χ4v) is 4.02. The number of ether oxygens (including phenoxy) is 1. The molecule has 1 N–H and O–H groups in total. The Balaban J connectivity index is 0.00000182. The second-order valence-corrected chi connectivity index (χ2v) is 6.70. The molecule has 0 aromatic heterocycles. The Morgan fingerprint density at radius 1 is 1.12 bits per heavy atom. The van der Waals surface area contributed by atoms with Crippen LogP contribution >= 0.6 is 17.0 Å². The zero-order chi connectivity index (χ0) is 16.5. The van der Waals surface area contributed by atoms with Gasteiger partial charge in [0.05, 0.1) is 0 Å². The molecule has 0 unspecified atom stereocenters. The minimum atomic E-state index is -0.241. The molecule has 0 spiro atoms. The molecule has 2 aliphatic rings. The largest absolute Gasteiger partial charge is 0.508 e. The fraction of sp³-hybridized carbons (Fsp3) is 0.350. The predicted molar refractivity (Wildman–Crippen MR) is 101 cm³/mol. The normalized spacial score (nSPS) is 21.0. The standard InChI is InChI=1S/C20H21NO3.BrH/c22-19-8-4-7-16-17(19)10-9-15-11-21(12-18(15)16)20(23)24-13-14-5-2-1-3-6-14;/h1-8,15,18,22H,9-13H2;1H/t15-,18+;/m0./s1. The highest BCUT2D eigenvalue weighted by atomic mass is 79.9. The maximum atomic E-state index is 12.4. The molecule has 1 aliphatic carbocycles. The minimum Gasteiger partial charge on any atom is -0.508 e. The van der Waals surface area contributed by atoms with Gasteiger partial charge in [0.25, 0.3) is 0 Å². The van der Waals surface area contributed by atoms with Gasteiger partial charge >= 0.3 is 6.09 Å². The molecule has 1 aliphatic heterocycles. The van der Waals surface area contributed by atoms with Gasteiger partial charge in [-0.2, -0.15) is 0 Å². The van der Waals surface area contributed by atoms with Crippen molar-refractivity contribution in [2.75, 3.05) is 13.1 Å². The number of aromatic hydroxyl groups is 1. The number of nitrogens with zero attached hydrogens (tertiary/aromatic N) is 1. The van der Waals surface area contributed by atoms with E-state index in [-0.39, 0.29) is 23.1 Å². The molecule has 0 bridgehead atoms. The molecule has 1 heterocycles. The maximum Gasteiger partial charge on any atom is 0.410 e. The summed E-state index contributed by atoms with van der Waals surface area (Å²) in [5.41, 5.74) is 3.25. The maximum absolute atomic E-state index is 12.4. The number of carbonyl (C=O) groups excluding carboxylic acids is 1. The second-order valence-electron chi connectivity index (χ2n) is 6.70. The summed E-state index contributed by atoms with van der Waals surface area (Å²) >= 11 is 0. The van der Waals surface area contributed by atoms with Gasteiger partial charge in [0.2, 0.25) is 0 Å². The number of phenols is 1. The van der Waals surface area contributed by atoms with Crippen LogP contribution in [0.1, 0.15) is 29.0 Å². The van der Waals surface area contributed by atoms with Crippen molar-refractivity contribution in [1.29, 1.82) is 0 Å². The zero-order valence-corrected chi connectivity index (χ0v) is 15.6. The third kappa shape index (κ3) is 3.52. The molecule has 0 radical (unpaired) electrons. The summed E-state index contributed by atoms with van der Waals surface area (Å²) in [6.07, 6.45) is 1.66. The topological polar surface area (TPSA) is 49.8 Å². The minimum absolute atomic E-state index is 0. The summed E-state index contributed by atoms with van der Waals surface area (Å²) in [6, 6.07) is 15.5. The molecule has 2 atom stereocenters. The quantitative estimate of drug-likeness (QED) is 0.814. The first-order valence-corrected chi connectivity index (χ1v) is 8.49. The van der Waals surface area contributed by atoms with E-state index in [1.54, 1.807) is 6.07 Å². The van der Waals surface area contributed by atoms with Gasteiger partial charge in [0.15, 0.2) is 0 Å². The van der Waals surface area contributed by atoms with Crippen molar-refractivity contribution >= 4 is 23.1 Å². The van der Waals surface area contributed by atoms with E-state index in [4.69, 9.17) is 4.74 Å². The number of carbonyl (C=O) groups is 1. The Hall–Kier alpha value is -2.01. The van der Waals surface area contributed by atoms with Crippen LogP contribution in [0.3, 0.4) is 0 Å². The van der Waals surface area contributed by atoms with Crippen LogP contribution in [0.15, 0.2) is 48.5 Å². The summed E-state index contributed by atoms with van der Waals surface area (Å²) < 4.78 is 5.47. The number of hydrogen-bond donors (Lipinski definition) is 1. The van der Waals surface area contributed by atoms with Crippen molar-refractivity contribution in [3.05, 3.63) is 65.2 Å². The third-order valence-corrected chi connectivity index (χ3v) is 5.26. The van der Waals surface area contributed by atoms with Crippen molar-refractivity contribution in [2.45, 2.75) is 25.4 Å². The molecular weight excluding hydrogens is 382 g/mol. The third-order valence-electron chi connectivity index (χ3n) is 5.26. The van der Waals surface area contributed by atoms with Gasteiger partial charge < -0.3 is 14.7 Å². The molecule has 5 heteroatoms. The van der Waals surface area contributed by atoms with E-state index in [0.717, 1.165) is 30.5 Å². The molecule has 2 aromatic rings. The Kier molecular flexibility index (Phi) is 5.33. The summed E-state index contributed by atoms with van der Waals surface area (Å²) in [6.45, 7) is 1.73. The van der Waals surface area contributed by atoms with E-state index in [1.165, 1.54) is 5.56 Å². The second kappa shape index (κ2) is 7.48. The summed E-state index contributed by atoms with van der Waals surface area (Å²) in [5, 5.41) is 10.1. The smallest absolute Gasteiger partial charge is 0.410 e. The van der Waals surface area contributed by atoms with Gasteiger partial charge in [-0.05, 0) is 41.5 Å². The number of halogens is 1. The molecule has 1 fully saturated rings. The number of benzene rings is 2. The molecule has 25 heavy (non-hydrogen) atoms. The van der Waals surface area contributed by atoms with Gasteiger partial charge in [-0.3, -0.25) is 0 Å². The predicted octanol–water partition coefficient (Wildman–Crippen LogP) is 4.27. The van der Waals surface area contributed by atoms with E-state index in [0.29, 0.717) is 30.7 Å². The highest BCUT2D eigenvalue weighted by molar-refractivity contribution is 8.93. The van der Waals surface area contributed by atoms with Gasteiger partial charge in [-0.15, -0.1) is 17.0 Å². The lowest BCUT2D eigenvalue weighted by Crippen LogP contribution is -2.29. The van der Waals surface area contributed by atoms with Crippen molar-refractivity contribution in [1.82, 2.24) is 4.90 Å².